The molecule has 1 amide bonds. The van der Waals surface area contributed by atoms with Crippen molar-refractivity contribution in [1.82, 2.24) is 19.9 Å². The number of rotatable bonds is 3. The molecular weight excluding hydrogens is 352 g/mol. The van der Waals surface area contributed by atoms with Crippen LogP contribution in [0.2, 0.25) is 0 Å². The number of nitrogens with zero attached hydrogens (tertiary/aromatic N) is 1. The van der Waals surface area contributed by atoms with Crippen molar-refractivity contribution in [2.45, 2.75) is 19.3 Å². The Hall–Kier alpha value is -3.28. The van der Waals surface area contributed by atoms with E-state index in [0.29, 0.717) is 11.6 Å². The third-order valence-corrected chi connectivity index (χ3v) is 5.75. The maximum Gasteiger partial charge on any atom is 0.323 e. The maximum absolute atomic E-state index is 12.9. The third kappa shape index (κ3) is 3.11. The van der Waals surface area contributed by atoms with E-state index in [1.807, 2.05) is 29.2 Å². The summed E-state index contributed by atoms with van der Waals surface area (Å²) in [6, 6.07) is 16.2. The van der Waals surface area contributed by atoms with E-state index in [-0.39, 0.29) is 11.6 Å². The minimum atomic E-state index is -0.225. The second-order valence-electron chi connectivity index (χ2n) is 7.67. The number of piperidine rings is 1. The van der Waals surface area contributed by atoms with Gasteiger partial charge in [0.1, 0.15) is 5.69 Å². The largest absolute Gasteiger partial charge is 0.350 e. The van der Waals surface area contributed by atoms with Crippen molar-refractivity contribution in [1.29, 1.82) is 0 Å². The van der Waals surface area contributed by atoms with Crippen LogP contribution in [0.25, 0.3) is 21.9 Å². The number of amides is 1. The molecular formula is C22H22N4O2. The lowest BCUT2D eigenvalue weighted by atomic mass is 9.90. The molecule has 3 heterocycles. The molecule has 3 N–H and O–H groups in total. The quantitative estimate of drug-likeness (QED) is 0.513. The number of hydrogen-bond acceptors (Lipinski definition) is 2. The molecule has 1 aliphatic heterocycles. The lowest BCUT2D eigenvalue weighted by Crippen LogP contribution is -2.39. The average molecular weight is 374 g/mol. The number of carbonyl (C=O) groups excluding carboxylic acids is 1. The van der Waals surface area contributed by atoms with Gasteiger partial charge in [0, 0.05) is 24.0 Å². The van der Waals surface area contributed by atoms with Crippen LogP contribution in [0.5, 0.6) is 0 Å². The highest BCUT2D eigenvalue weighted by Gasteiger charge is 2.24. The first-order chi connectivity index (χ1) is 13.7. The normalized spacial score (nSPS) is 15.5. The Morgan fingerprint density at radius 1 is 0.929 bits per heavy atom. The van der Waals surface area contributed by atoms with E-state index >= 15 is 0 Å². The summed E-state index contributed by atoms with van der Waals surface area (Å²) in [6.45, 7) is 1.58. The summed E-state index contributed by atoms with van der Waals surface area (Å²) in [5, 5.41) is 0.921. The van der Waals surface area contributed by atoms with Crippen molar-refractivity contribution in [2.24, 2.45) is 5.92 Å². The van der Waals surface area contributed by atoms with Crippen LogP contribution in [-0.2, 0) is 6.42 Å². The Labute approximate surface area is 161 Å². The monoisotopic (exact) mass is 374 g/mol. The predicted molar refractivity (Wildman–Crippen MR) is 110 cm³/mol. The molecule has 142 valence electrons. The van der Waals surface area contributed by atoms with E-state index in [0.717, 1.165) is 54.3 Å². The molecule has 2 aromatic heterocycles. The molecule has 0 bridgehead atoms. The van der Waals surface area contributed by atoms with Crippen molar-refractivity contribution in [3.05, 3.63) is 70.3 Å². The molecule has 2 aromatic carbocycles. The van der Waals surface area contributed by atoms with Crippen LogP contribution in [0.3, 0.4) is 0 Å². The summed E-state index contributed by atoms with van der Waals surface area (Å²) in [7, 11) is 0. The fourth-order valence-corrected chi connectivity index (χ4v) is 4.24. The molecule has 1 saturated heterocycles. The van der Waals surface area contributed by atoms with Crippen LogP contribution in [-0.4, -0.2) is 38.8 Å². The Bertz CT molecular complexity index is 1140. The molecule has 0 atom stereocenters. The molecule has 1 fully saturated rings. The Morgan fingerprint density at radius 3 is 2.39 bits per heavy atom. The molecule has 4 aromatic rings. The van der Waals surface area contributed by atoms with Gasteiger partial charge in [0.2, 0.25) is 0 Å². The standard InChI is InChI=1S/C22H22N4O2/c27-21(26-8-6-15(7-9-26)10-14-4-2-1-3-5-14)20-12-16-11-18-19(13-17(16)23-20)25-22(28)24-18/h1-5,11-13,15,23H,6-10H2,(H2,24,25,28). The summed E-state index contributed by atoms with van der Waals surface area (Å²) in [5.41, 5.74) is 4.09. The summed E-state index contributed by atoms with van der Waals surface area (Å²) in [6.07, 6.45) is 3.15. The van der Waals surface area contributed by atoms with Gasteiger partial charge >= 0.3 is 5.69 Å². The van der Waals surface area contributed by atoms with Gasteiger partial charge in [-0.2, -0.15) is 0 Å². The number of H-pyrrole nitrogens is 3. The molecule has 6 heteroatoms. The van der Waals surface area contributed by atoms with Gasteiger partial charge in [-0.1, -0.05) is 30.3 Å². The van der Waals surface area contributed by atoms with E-state index < -0.39 is 0 Å². The zero-order chi connectivity index (χ0) is 19.1. The maximum atomic E-state index is 12.9. The first-order valence-electron chi connectivity index (χ1n) is 9.74. The highest BCUT2D eigenvalue weighted by atomic mass is 16.2. The van der Waals surface area contributed by atoms with Crippen molar-refractivity contribution in [3.63, 3.8) is 0 Å². The number of imidazole rings is 1. The van der Waals surface area contributed by atoms with Gasteiger partial charge < -0.3 is 19.9 Å². The van der Waals surface area contributed by atoms with Gasteiger partial charge in [0.05, 0.1) is 11.0 Å². The molecule has 28 heavy (non-hydrogen) atoms. The van der Waals surface area contributed by atoms with E-state index in [2.05, 4.69) is 39.2 Å². The number of carbonyl (C=O) groups is 1. The zero-order valence-electron chi connectivity index (χ0n) is 15.5. The lowest BCUT2D eigenvalue weighted by Gasteiger charge is -2.31. The first-order valence-corrected chi connectivity index (χ1v) is 9.74. The van der Waals surface area contributed by atoms with Gasteiger partial charge in [-0.05, 0) is 48.9 Å². The van der Waals surface area contributed by atoms with Gasteiger partial charge in [-0.15, -0.1) is 0 Å². The molecule has 5 rings (SSSR count). The fraction of sp³-hybridized carbons (Fsp3) is 0.273. The highest BCUT2D eigenvalue weighted by Crippen LogP contribution is 2.25. The van der Waals surface area contributed by atoms with Crippen LogP contribution < -0.4 is 5.69 Å². The lowest BCUT2D eigenvalue weighted by molar-refractivity contribution is 0.0685. The van der Waals surface area contributed by atoms with Gasteiger partial charge in [-0.3, -0.25) is 4.79 Å². The first kappa shape index (κ1) is 16.9. The van der Waals surface area contributed by atoms with Crippen molar-refractivity contribution in [3.8, 4) is 0 Å². The summed E-state index contributed by atoms with van der Waals surface area (Å²) in [5.74, 6) is 0.679. The zero-order valence-corrected chi connectivity index (χ0v) is 15.5. The summed E-state index contributed by atoms with van der Waals surface area (Å²) < 4.78 is 0. The van der Waals surface area contributed by atoms with E-state index in [1.54, 1.807) is 0 Å². The molecule has 0 spiro atoms. The Morgan fingerprint density at radius 2 is 1.64 bits per heavy atom. The van der Waals surface area contributed by atoms with Crippen LogP contribution in [0, 0.1) is 5.92 Å². The molecule has 6 nitrogen and oxygen atoms in total. The predicted octanol–water partition coefficient (Wildman–Crippen LogP) is 3.43. The van der Waals surface area contributed by atoms with Crippen LogP contribution >= 0.6 is 0 Å². The van der Waals surface area contributed by atoms with E-state index in [1.165, 1.54) is 5.56 Å². The molecule has 0 aliphatic carbocycles. The van der Waals surface area contributed by atoms with E-state index in [9.17, 15) is 9.59 Å². The Balaban J connectivity index is 1.29. The third-order valence-electron chi connectivity index (χ3n) is 5.75. The minimum absolute atomic E-state index is 0.0477. The van der Waals surface area contributed by atoms with Gasteiger partial charge in [-0.25, -0.2) is 4.79 Å². The van der Waals surface area contributed by atoms with Crippen molar-refractivity contribution >= 4 is 27.8 Å². The van der Waals surface area contributed by atoms with Crippen LogP contribution in [0.1, 0.15) is 28.9 Å². The number of likely N-dealkylation sites (tertiary alicyclic amines) is 1. The van der Waals surface area contributed by atoms with Crippen LogP contribution in [0.4, 0.5) is 0 Å². The number of benzene rings is 2. The summed E-state index contributed by atoms with van der Waals surface area (Å²) in [4.78, 5) is 35.1. The van der Waals surface area contributed by atoms with Crippen molar-refractivity contribution in [2.75, 3.05) is 13.1 Å². The second kappa shape index (κ2) is 6.71. The second-order valence-corrected chi connectivity index (χ2v) is 7.67. The molecule has 0 saturated carbocycles. The average Bonchev–Trinajstić information content (AvgIpc) is 3.28. The molecule has 1 aliphatic rings. The minimum Gasteiger partial charge on any atom is -0.350 e. The fourth-order valence-electron chi connectivity index (χ4n) is 4.24. The summed E-state index contributed by atoms with van der Waals surface area (Å²) >= 11 is 0. The van der Waals surface area contributed by atoms with E-state index in [4.69, 9.17) is 0 Å². The topological polar surface area (TPSA) is 84.7 Å². The highest BCUT2D eigenvalue weighted by molar-refractivity contribution is 6.01. The number of fused-ring (bicyclic) bond motifs is 2. The van der Waals surface area contributed by atoms with Crippen LogP contribution in [0.15, 0.2) is 53.3 Å². The molecule has 0 unspecified atom stereocenters. The smallest absolute Gasteiger partial charge is 0.323 e. The van der Waals surface area contributed by atoms with Gasteiger partial charge in [0.15, 0.2) is 0 Å². The number of aromatic amines is 3. The molecule has 0 radical (unpaired) electrons. The Kier molecular flexibility index (Phi) is 4.04. The SMILES string of the molecule is O=C(c1cc2cc3[nH]c(=O)[nH]c3cc2[nH]1)N1CCC(Cc2ccccc2)CC1. The van der Waals surface area contributed by atoms with Crippen molar-refractivity contribution < 1.29 is 4.79 Å². The number of aromatic nitrogens is 3. The number of hydrogen-bond donors (Lipinski definition) is 3. The number of nitrogens with one attached hydrogen (secondary N) is 3. The van der Waals surface area contributed by atoms with Gasteiger partial charge in [0.25, 0.3) is 5.91 Å².